The smallest absolute Gasteiger partial charge is 0.348 e. The van der Waals surface area contributed by atoms with Gasteiger partial charge in [0.2, 0.25) is 0 Å². The molecule has 2 aromatic rings. The molecule has 0 radical (unpaired) electrons. The highest BCUT2D eigenvalue weighted by atomic mass is 35.5. The van der Waals surface area contributed by atoms with Crippen molar-refractivity contribution in [2.24, 2.45) is 0 Å². The van der Waals surface area contributed by atoms with Crippen LogP contribution in [0.25, 0.3) is 6.08 Å². The van der Waals surface area contributed by atoms with E-state index in [1.165, 1.54) is 24.3 Å². The van der Waals surface area contributed by atoms with Gasteiger partial charge in [0.25, 0.3) is 5.91 Å². The zero-order valence-electron chi connectivity index (χ0n) is 15.4. The molecule has 1 heterocycles. The minimum atomic E-state index is -4.50. The van der Waals surface area contributed by atoms with Crippen LogP contribution in [0.2, 0.25) is 10.0 Å². The summed E-state index contributed by atoms with van der Waals surface area (Å²) >= 11 is 13.5. The predicted octanol–water partition coefficient (Wildman–Crippen LogP) is 6.51. The van der Waals surface area contributed by atoms with E-state index in [4.69, 9.17) is 23.2 Å². The van der Waals surface area contributed by atoms with Crippen molar-refractivity contribution < 1.29 is 18.0 Å². The fourth-order valence-electron chi connectivity index (χ4n) is 3.00. The van der Waals surface area contributed by atoms with Gasteiger partial charge in [-0.05, 0) is 47.9 Å². The Morgan fingerprint density at radius 3 is 2.34 bits per heavy atom. The van der Waals surface area contributed by atoms with E-state index in [-0.39, 0.29) is 27.6 Å². The normalized spacial score (nSPS) is 15.9. The van der Waals surface area contributed by atoms with Crippen molar-refractivity contribution in [3.05, 3.63) is 74.8 Å². The number of hydrogen-bond donors (Lipinski definition) is 1. The highest BCUT2D eigenvalue weighted by Crippen LogP contribution is 2.38. The third kappa shape index (κ3) is 5.71. The molecule has 1 saturated heterocycles. The van der Waals surface area contributed by atoms with Crippen LogP contribution in [0.15, 0.2) is 42.5 Å². The van der Waals surface area contributed by atoms with Crippen molar-refractivity contribution in [3.63, 3.8) is 0 Å². The van der Waals surface area contributed by atoms with Crippen molar-refractivity contribution in [2.75, 3.05) is 11.5 Å². The Bertz CT molecular complexity index is 922. The van der Waals surface area contributed by atoms with Crippen LogP contribution in [0.5, 0.6) is 0 Å². The summed E-state index contributed by atoms with van der Waals surface area (Å²) < 4.78 is 40.8. The number of rotatable bonds is 5. The lowest BCUT2D eigenvalue weighted by molar-refractivity contribution is -0.139. The van der Waals surface area contributed by atoms with Gasteiger partial charge in [-0.25, -0.2) is 0 Å². The van der Waals surface area contributed by atoms with Gasteiger partial charge < -0.3 is 5.32 Å². The molecule has 2 aromatic carbocycles. The molecular weight excluding hydrogens is 442 g/mol. The number of carbonyl (C=O) groups is 1. The number of aryl methyl sites for hydroxylation is 1. The molecule has 3 rings (SSSR count). The topological polar surface area (TPSA) is 29.1 Å². The summed E-state index contributed by atoms with van der Waals surface area (Å²) in [5.74, 6) is -0.209. The van der Waals surface area contributed by atoms with Crippen LogP contribution in [0, 0.1) is 6.92 Å². The Morgan fingerprint density at radius 2 is 1.83 bits per heavy atom. The zero-order valence-corrected chi connectivity index (χ0v) is 17.7. The Balaban J connectivity index is 1.82. The average Bonchev–Trinajstić information content (AvgIpc) is 2.56. The van der Waals surface area contributed by atoms with Gasteiger partial charge in [-0.3, -0.25) is 4.79 Å². The quantitative estimate of drug-likeness (QED) is 0.552. The zero-order chi connectivity index (χ0) is 21.2. The summed E-state index contributed by atoms with van der Waals surface area (Å²) in [5.41, 5.74) is 1.76. The van der Waals surface area contributed by atoms with Crippen LogP contribution in [0.1, 0.15) is 33.0 Å². The van der Waals surface area contributed by atoms with Gasteiger partial charge in [-0.1, -0.05) is 47.5 Å². The van der Waals surface area contributed by atoms with E-state index in [0.717, 1.165) is 17.6 Å². The molecule has 0 aromatic heterocycles. The molecule has 0 bridgehead atoms. The third-order valence-electron chi connectivity index (χ3n) is 4.55. The number of halogens is 5. The highest BCUT2D eigenvalue weighted by molar-refractivity contribution is 8.00. The van der Waals surface area contributed by atoms with Crippen LogP contribution in [-0.4, -0.2) is 29.6 Å². The summed E-state index contributed by atoms with van der Waals surface area (Å²) in [7, 11) is 0. The SMILES string of the molecule is Cc1cc(/C=C/C(c2cc(Cl)cc(Cl)c2)C(F)(F)F)ccc1C(=O)NC1CSC1. The van der Waals surface area contributed by atoms with Crippen molar-refractivity contribution in [1.82, 2.24) is 5.32 Å². The lowest BCUT2D eigenvalue weighted by Crippen LogP contribution is -2.44. The van der Waals surface area contributed by atoms with Gasteiger partial charge in [0.1, 0.15) is 0 Å². The Kier molecular flexibility index (Phi) is 6.87. The monoisotopic (exact) mass is 459 g/mol. The number of nitrogens with one attached hydrogen (secondary N) is 1. The van der Waals surface area contributed by atoms with Crippen LogP contribution < -0.4 is 5.32 Å². The number of carbonyl (C=O) groups excluding carboxylic acids is 1. The van der Waals surface area contributed by atoms with E-state index in [1.54, 1.807) is 36.9 Å². The number of amides is 1. The first-order chi connectivity index (χ1) is 13.6. The fourth-order valence-corrected chi connectivity index (χ4v) is 4.18. The number of thioether (sulfide) groups is 1. The minimum Gasteiger partial charge on any atom is -0.348 e. The average molecular weight is 460 g/mol. The second-order valence-electron chi connectivity index (χ2n) is 6.86. The maximum absolute atomic E-state index is 13.6. The maximum atomic E-state index is 13.6. The number of alkyl halides is 3. The standard InChI is InChI=1S/C21H18Cl2F3NOS/c1-12-6-13(2-4-18(12)20(28)27-17-10-29-11-17)3-5-19(21(24,25)26)14-7-15(22)9-16(23)8-14/h2-9,17,19H,10-11H2,1H3,(H,27,28)/b5-3+. The molecular formula is C21H18Cl2F3NOS. The molecule has 0 aliphatic carbocycles. The van der Waals surface area contributed by atoms with E-state index >= 15 is 0 Å². The summed E-state index contributed by atoms with van der Waals surface area (Å²) in [5, 5.41) is 3.23. The molecule has 1 unspecified atom stereocenters. The molecule has 1 fully saturated rings. The Labute approximate surface area is 181 Å². The number of allylic oxidation sites excluding steroid dienone is 1. The molecule has 154 valence electrons. The van der Waals surface area contributed by atoms with Gasteiger partial charge in [-0.15, -0.1) is 0 Å². The van der Waals surface area contributed by atoms with Crippen molar-refractivity contribution >= 4 is 46.9 Å². The first kappa shape index (κ1) is 22.1. The van der Waals surface area contributed by atoms with E-state index in [1.807, 2.05) is 0 Å². The maximum Gasteiger partial charge on any atom is 0.399 e. The molecule has 0 saturated carbocycles. The van der Waals surface area contributed by atoms with E-state index in [0.29, 0.717) is 16.7 Å². The lowest BCUT2D eigenvalue weighted by Gasteiger charge is -2.26. The molecule has 0 spiro atoms. The third-order valence-corrected chi connectivity index (χ3v) is 6.26. The van der Waals surface area contributed by atoms with Gasteiger partial charge in [0, 0.05) is 33.2 Å². The second-order valence-corrected chi connectivity index (χ2v) is 8.81. The summed E-state index contributed by atoms with van der Waals surface area (Å²) in [4.78, 5) is 12.3. The molecule has 1 atom stereocenters. The first-order valence-electron chi connectivity index (χ1n) is 8.83. The largest absolute Gasteiger partial charge is 0.399 e. The van der Waals surface area contributed by atoms with Crippen LogP contribution in [-0.2, 0) is 0 Å². The van der Waals surface area contributed by atoms with E-state index in [2.05, 4.69) is 5.32 Å². The van der Waals surface area contributed by atoms with Crippen molar-refractivity contribution in [1.29, 1.82) is 0 Å². The molecule has 29 heavy (non-hydrogen) atoms. The molecule has 2 nitrogen and oxygen atoms in total. The molecule has 1 aliphatic heterocycles. The first-order valence-corrected chi connectivity index (χ1v) is 10.7. The number of hydrogen-bond acceptors (Lipinski definition) is 2. The van der Waals surface area contributed by atoms with Gasteiger partial charge in [0.15, 0.2) is 0 Å². The van der Waals surface area contributed by atoms with Gasteiger partial charge in [0.05, 0.1) is 5.92 Å². The number of benzene rings is 2. The fraction of sp³-hybridized carbons (Fsp3) is 0.286. The Morgan fingerprint density at radius 1 is 1.17 bits per heavy atom. The molecule has 8 heteroatoms. The second kappa shape index (κ2) is 9.02. The Hall–Kier alpha value is -1.63. The van der Waals surface area contributed by atoms with Crippen LogP contribution in [0.3, 0.4) is 0 Å². The molecule has 1 aliphatic rings. The minimum absolute atomic E-state index is 0.0302. The van der Waals surface area contributed by atoms with E-state index in [9.17, 15) is 18.0 Å². The lowest BCUT2D eigenvalue weighted by atomic mass is 9.96. The van der Waals surface area contributed by atoms with E-state index < -0.39 is 12.1 Å². The van der Waals surface area contributed by atoms with Gasteiger partial charge in [-0.2, -0.15) is 24.9 Å². The molecule has 1 amide bonds. The van der Waals surface area contributed by atoms with Crippen molar-refractivity contribution in [3.8, 4) is 0 Å². The molecule has 1 N–H and O–H groups in total. The highest BCUT2D eigenvalue weighted by Gasteiger charge is 2.39. The summed E-state index contributed by atoms with van der Waals surface area (Å²) in [6.07, 6.45) is -2.04. The predicted molar refractivity (Wildman–Crippen MR) is 114 cm³/mol. The summed E-state index contributed by atoms with van der Waals surface area (Å²) in [6, 6.07) is 9.05. The summed E-state index contributed by atoms with van der Waals surface area (Å²) in [6.45, 7) is 1.76. The van der Waals surface area contributed by atoms with Crippen LogP contribution in [0.4, 0.5) is 13.2 Å². The van der Waals surface area contributed by atoms with Gasteiger partial charge >= 0.3 is 6.18 Å². The van der Waals surface area contributed by atoms with Crippen molar-refractivity contribution in [2.45, 2.75) is 25.1 Å². The van der Waals surface area contributed by atoms with Crippen LogP contribution >= 0.6 is 35.0 Å².